The van der Waals surface area contributed by atoms with Crippen LogP contribution in [0.1, 0.15) is 30.2 Å². The number of nitrogens with one attached hydrogen (secondary N) is 1. The number of rotatable bonds is 3. The summed E-state index contributed by atoms with van der Waals surface area (Å²) in [6.45, 7) is 4.46. The number of amides is 1. The number of anilines is 1. The van der Waals surface area contributed by atoms with Crippen LogP contribution in [0.15, 0.2) is 36.8 Å². The molecule has 7 heteroatoms. The van der Waals surface area contributed by atoms with E-state index in [1.165, 1.54) is 11.8 Å². The minimum absolute atomic E-state index is 0.0809. The van der Waals surface area contributed by atoms with Gasteiger partial charge in [-0.2, -0.15) is 5.10 Å². The van der Waals surface area contributed by atoms with Crippen molar-refractivity contribution < 1.29 is 4.79 Å². The van der Waals surface area contributed by atoms with Crippen LogP contribution >= 0.6 is 11.3 Å². The lowest BCUT2D eigenvalue weighted by atomic mass is 9.97. The number of thiazole rings is 1. The third kappa shape index (κ3) is 4.54. The van der Waals surface area contributed by atoms with Gasteiger partial charge in [-0.25, -0.2) is 9.50 Å². The fourth-order valence-electron chi connectivity index (χ4n) is 3.23. The summed E-state index contributed by atoms with van der Waals surface area (Å²) in [5, 5.41) is 7.62. The fraction of sp³-hybridized carbons (Fsp3) is 0.350. The van der Waals surface area contributed by atoms with Crippen LogP contribution in [0.25, 0.3) is 5.52 Å². The van der Waals surface area contributed by atoms with Crippen molar-refractivity contribution in [2.45, 2.75) is 26.3 Å². The standard InChI is InChI=1S/C20H21N5OS/c1-15(26)23-20-21-13-19(27-20)14-24-9-5-16(6-10-24)2-3-17-7-11-25-18(12-17)4-8-22-25/h4,7-8,11-13,16H,5-6,9-10,14H2,1H3,(H,21,23,26). The van der Waals surface area contributed by atoms with Crippen molar-refractivity contribution >= 4 is 27.9 Å². The van der Waals surface area contributed by atoms with Crippen molar-refractivity contribution in [1.82, 2.24) is 19.5 Å². The molecule has 3 aromatic heterocycles. The van der Waals surface area contributed by atoms with Gasteiger partial charge < -0.3 is 5.32 Å². The molecule has 1 fully saturated rings. The highest BCUT2D eigenvalue weighted by atomic mass is 32.1. The molecule has 0 radical (unpaired) electrons. The zero-order valence-electron chi connectivity index (χ0n) is 15.2. The Morgan fingerprint density at radius 3 is 3.04 bits per heavy atom. The molecule has 27 heavy (non-hydrogen) atoms. The maximum absolute atomic E-state index is 11.1. The van der Waals surface area contributed by atoms with Crippen LogP contribution in [0.5, 0.6) is 0 Å². The number of carbonyl (C=O) groups excluding carboxylic acids is 1. The summed E-state index contributed by atoms with van der Waals surface area (Å²) < 4.78 is 1.85. The molecule has 1 aliphatic rings. The molecule has 0 aliphatic carbocycles. The molecule has 1 amide bonds. The van der Waals surface area contributed by atoms with E-state index in [1.54, 1.807) is 17.5 Å². The summed E-state index contributed by atoms with van der Waals surface area (Å²) in [6, 6.07) is 6.07. The first-order valence-corrected chi connectivity index (χ1v) is 9.87. The Labute approximate surface area is 162 Å². The summed E-state index contributed by atoms with van der Waals surface area (Å²) in [7, 11) is 0. The Morgan fingerprint density at radius 1 is 1.37 bits per heavy atom. The predicted octanol–water partition coefficient (Wildman–Crippen LogP) is 3.01. The second kappa shape index (κ2) is 7.91. The number of nitrogens with zero attached hydrogens (tertiary/aromatic N) is 4. The number of fused-ring (bicyclic) bond motifs is 1. The predicted molar refractivity (Wildman–Crippen MR) is 106 cm³/mol. The molecule has 0 unspecified atom stereocenters. The number of carbonyl (C=O) groups is 1. The van der Waals surface area contributed by atoms with E-state index in [-0.39, 0.29) is 5.91 Å². The molecule has 1 saturated heterocycles. The van der Waals surface area contributed by atoms with E-state index in [2.05, 4.69) is 38.2 Å². The van der Waals surface area contributed by atoms with Crippen LogP contribution in [0.3, 0.4) is 0 Å². The van der Waals surface area contributed by atoms with Crippen LogP contribution in [-0.2, 0) is 11.3 Å². The number of aromatic nitrogens is 3. The van der Waals surface area contributed by atoms with Crippen LogP contribution in [-0.4, -0.2) is 38.5 Å². The summed E-state index contributed by atoms with van der Waals surface area (Å²) in [4.78, 5) is 19.0. The van der Waals surface area contributed by atoms with Gasteiger partial charge in [-0.15, -0.1) is 11.3 Å². The lowest BCUT2D eigenvalue weighted by Crippen LogP contribution is -2.32. The average Bonchev–Trinajstić information content (AvgIpc) is 3.29. The Bertz CT molecular complexity index is 1000. The Morgan fingerprint density at radius 2 is 2.22 bits per heavy atom. The summed E-state index contributed by atoms with van der Waals surface area (Å²) >= 11 is 1.55. The molecule has 4 rings (SSSR count). The Balaban J connectivity index is 1.30. The first kappa shape index (κ1) is 17.7. The van der Waals surface area contributed by atoms with Gasteiger partial charge in [-0.3, -0.25) is 9.69 Å². The zero-order chi connectivity index (χ0) is 18.6. The number of piperidine rings is 1. The molecule has 0 saturated carbocycles. The van der Waals surface area contributed by atoms with E-state index in [0.717, 1.165) is 43.6 Å². The van der Waals surface area contributed by atoms with E-state index < -0.39 is 0 Å². The van der Waals surface area contributed by atoms with Crippen LogP contribution in [0.2, 0.25) is 0 Å². The number of pyridine rings is 1. The van der Waals surface area contributed by atoms with Crippen molar-refractivity contribution in [3.8, 4) is 11.8 Å². The Hall–Kier alpha value is -2.69. The van der Waals surface area contributed by atoms with Gasteiger partial charge in [0.2, 0.25) is 5.91 Å². The maximum atomic E-state index is 11.1. The van der Waals surface area contributed by atoms with Crippen LogP contribution < -0.4 is 5.32 Å². The molecular formula is C20H21N5OS. The smallest absolute Gasteiger partial charge is 0.223 e. The second-order valence-corrected chi connectivity index (χ2v) is 7.86. The van der Waals surface area contributed by atoms with Crippen molar-refractivity contribution in [1.29, 1.82) is 0 Å². The highest BCUT2D eigenvalue weighted by molar-refractivity contribution is 7.15. The Kier molecular flexibility index (Phi) is 5.19. The van der Waals surface area contributed by atoms with Gasteiger partial charge in [0.05, 0.1) is 5.52 Å². The van der Waals surface area contributed by atoms with Crippen LogP contribution in [0, 0.1) is 17.8 Å². The lowest BCUT2D eigenvalue weighted by Gasteiger charge is -2.29. The van der Waals surface area contributed by atoms with Gasteiger partial charge in [0.1, 0.15) is 0 Å². The minimum Gasteiger partial charge on any atom is -0.302 e. The van der Waals surface area contributed by atoms with Gasteiger partial charge in [-0.1, -0.05) is 11.8 Å². The van der Waals surface area contributed by atoms with Gasteiger partial charge in [0.25, 0.3) is 0 Å². The lowest BCUT2D eigenvalue weighted by molar-refractivity contribution is -0.114. The average molecular weight is 379 g/mol. The molecule has 0 aromatic carbocycles. The van der Waals surface area contributed by atoms with E-state index in [4.69, 9.17) is 0 Å². The normalized spacial score (nSPS) is 15.4. The van der Waals surface area contributed by atoms with E-state index in [0.29, 0.717) is 11.0 Å². The molecule has 1 aliphatic heterocycles. The van der Waals surface area contributed by atoms with Crippen molar-refractivity contribution in [3.05, 3.63) is 47.2 Å². The topological polar surface area (TPSA) is 62.5 Å². The minimum atomic E-state index is -0.0809. The van der Waals surface area contributed by atoms with Crippen molar-refractivity contribution in [2.24, 2.45) is 5.92 Å². The van der Waals surface area contributed by atoms with Gasteiger partial charge >= 0.3 is 0 Å². The van der Waals surface area contributed by atoms with Gasteiger partial charge in [0.15, 0.2) is 5.13 Å². The highest BCUT2D eigenvalue weighted by Crippen LogP contribution is 2.23. The molecule has 6 nitrogen and oxygen atoms in total. The van der Waals surface area contributed by atoms with Gasteiger partial charge in [-0.05, 0) is 44.1 Å². The third-order valence-corrected chi connectivity index (χ3v) is 5.52. The second-order valence-electron chi connectivity index (χ2n) is 6.75. The summed E-state index contributed by atoms with van der Waals surface area (Å²) in [5.41, 5.74) is 2.11. The van der Waals surface area contributed by atoms with Crippen molar-refractivity contribution in [3.63, 3.8) is 0 Å². The molecule has 0 atom stereocenters. The zero-order valence-corrected chi connectivity index (χ0v) is 16.0. The van der Waals surface area contributed by atoms with Crippen LogP contribution in [0.4, 0.5) is 5.13 Å². The van der Waals surface area contributed by atoms with E-state index in [1.807, 2.05) is 29.0 Å². The van der Waals surface area contributed by atoms with E-state index in [9.17, 15) is 4.79 Å². The van der Waals surface area contributed by atoms with Crippen molar-refractivity contribution in [2.75, 3.05) is 18.4 Å². The molecule has 138 valence electrons. The molecule has 0 spiro atoms. The number of hydrogen-bond acceptors (Lipinski definition) is 5. The maximum Gasteiger partial charge on any atom is 0.223 e. The number of likely N-dealkylation sites (tertiary alicyclic amines) is 1. The monoisotopic (exact) mass is 379 g/mol. The largest absolute Gasteiger partial charge is 0.302 e. The molecule has 1 N–H and O–H groups in total. The third-order valence-electron chi connectivity index (χ3n) is 4.62. The quantitative estimate of drug-likeness (QED) is 0.711. The SMILES string of the molecule is CC(=O)Nc1ncc(CN2CCC(C#Cc3ccn4nccc4c3)CC2)s1. The molecule has 3 aromatic rings. The summed E-state index contributed by atoms with van der Waals surface area (Å²) in [5.74, 6) is 7.13. The summed E-state index contributed by atoms with van der Waals surface area (Å²) in [6.07, 6.45) is 7.77. The first-order valence-electron chi connectivity index (χ1n) is 9.05. The van der Waals surface area contributed by atoms with E-state index >= 15 is 0 Å². The fourth-order valence-corrected chi connectivity index (χ4v) is 4.13. The van der Waals surface area contributed by atoms with Gasteiger partial charge in [0, 0.05) is 48.4 Å². The first-order chi connectivity index (χ1) is 13.2. The molecule has 0 bridgehead atoms. The molecular weight excluding hydrogens is 358 g/mol. The highest BCUT2D eigenvalue weighted by Gasteiger charge is 2.18. The number of hydrogen-bond donors (Lipinski definition) is 1. The molecule has 4 heterocycles.